The maximum atomic E-state index is 9.66. The van der Waals surface area contributed by atoms with E-state index < -0.39 is 0 Å². The molecule has 0 atom stereocenters. The van der Waals surface area contributed by atoms with Gasteiger partial charge in [-0.2, -0.15) is 9.64 Å². The molecule has 0 aliphatic rings. The summed E-state index contributed by atoms with van der Waals surface area (Å²) < 4.78 is 10.5. The Bertz CT molecular complexity index is 1070. The number of aliphatic imine (C=N–C) groups is 1. The highest BCUT2D eigenvalue weighted by Crippen LogP contribution is 2.39. The maximum absolute atomic E-state index is 9.66. The van der Waals surface area contributed by atoms with Gasteiger partial charge in [-0.15, -0.1) is 0 Å². The first-order valence-corrected chi connectivity index (χ1v) is 9.69. The number of rotatable bonds is 5. The van der Waals surface area contributed by atoms with Crippen LogP contribution in [-0.2, 0) is 0 Å². The van der Waals surface area contributed by atoms with E-state index in [0.717, 1.165) is 33.9 Å². The molecule has 28 heavy (non-hydrogen) atoms. The number of nitrogens with zero attached hydrogens (tertiary/aromatic N) is 4. The van der Waals surface area contributed by atoms with Gasteiger partial charge in [-0.05, 0) is 49.2 Å². The third-order valence-corrected chi connectivity index (χ3v) is 4.99. The highest BCUT2D eigenvalue weighted by atomic mass is 35.5. The number of hydrogen-bond acceptors (Lipinski definition) is 5. The molecule has 0 N–H and O–H groups in total. The smallest absolute Gasteiger partial charge is 0.218 e. The third-order valence-electron chi connectivity index (χ3n) is 4.01. The minimum Gasteiger partial charge on any atom is -0.443 e. The van der Waals surface area contributed by atoms with Gasteiger partial charge in [0.2, 0.25) is 5.06 Å². The summed E-state index contributed by atoms with van der Waals surface area (Å²) in [5.74, 6) is 0.684. The Morgan fingerprint density at radius 2 is 1.89 bits per heavy atom. The van der Waals surface area contributed by atoms with E-state index in [1.54, 1.807) is 18.5 Å². The van der Waals surface area contributed by atoms with Crippen molar-refractivity contribution in [1.29, 1.82) is 5.26 Å². The molecule has 1 heterocycles. The zero-order valence-electron chi connectivity index (χ0n) is 16.0. The van der Waals surface area contributed by atoms with Gasteiger partial charge >= 0.3 is 0 Å². The molecule has 0 spiro atoms. The summed E-state index contributed by atoms with van der Waals surface area (Å²) in [7, 11) is 3.85. The number of benzene rings is 2. The van der Waals surface area contributed by atoms with Crippen LogP contribution in [0.4, 0.5) is 5.69 Å². The Labute approximate surface area is 173 Å². The second-order valence-electron chi connectivity index (χ2n) is 6.53. The summed E-state index contributed by atoms with van der Waals surface area (Å²) in [5, 5.41) is 10.8. The second-order valence-corrected chi connectivity index (χ2v) is 7.70. The van der Waals surface area contributed by atoms with Gasteiger partial charge < -0.3 is 9.64 Å². The van der Waals surface area contributed by atoms with E-state index in [4.69, 9.17) is 16.3 Å². The maximum Gasteiger partial charge on any atom is 0.218 e. The largest absolute Gasteiger partial charge is 0.443 e. The van der Waals surface area contributed by atoms with E-state index >= 15 is 0 Å². The van der Waals surface area contributed by atoms with Gasteiger partial charge in [-0.25, -0.2) is 4.99 Å². The highest BCUT2D eigenvalue weighted by Gasteiger charge is 2.18. The van der Waals surface area contributed by atoms with Crippen LogP contribution in [0.5, 0.6) is 10.8 Å². The molecule has 0 amide bonds. The summed E-state index contributed by atoms with van der Waals surface area (Å²) >= 11 is 7.11. The number of halogens is 1. The van der Waals surface area contributed by atoms with Crippen LogP contribution in [0.3, 0.4) is 0 Å². The zero-order chi connectivity index (χ0) is 20.3. The average Bonchev–Trinajstić information content (AvgIpc) is 3.06. The summed E-state index contributed by atoms with van der Waals surface area (Å²) in [6.07, 6.45) is 1.76. The van der Waals surface area contributed by atoms with Gasteiger partial charge in [-0.3, -0.25) is 0 Å². The van der Waals surface area contributed by atoms with Crippen molar-refractivity contribution < 1.29 is 4.74 Å². The molecule has 3 aromatic rings. The molecule has 0 bridgehead atoms. The zero-order valence-corrected chi connectivity index (χ0v) is 17.6. The SMILES string of the molecule is Cc1cc(Oc2snc(-c3ccc(Cl)cc3)c2C#N)c(C)cc1N=CN(C)C. The number of aromatic nitrogens is 1. The fourth-order valence-corrected chi connectivity index (χ4v) is 3.41. The molecular weight excluding hydrogens is 392 g/mol. The third kappa shape index (κ3) is 4.33. The van der Waals surface area contributed by atoms with Crippen LogP contribution in [0.1, 0.15) is 16.7 Å². The van der Waals surface area contributed by atoms with Gasteiger partial charge in [0.05, 0.1) is 12.0 Å². The molecule has 142 valence electrons. The minimum atomic E-state index is 0.416. The molecule has 0 radical (unpaired) electrons. The van der Waals surface area contributed by atoms with Gasteiger partial charge in [0, 0.05) is 36.2 Å². The first kappa shape index (κ1) is 19.9. The Morgan fingerprint density at radius 3 is 2.54 bits per heavy atom. The molecule has 0 saturated carbocycles. The summed E-state index contributed by atoms with van der Waals surface area (Å²) in [4.78, 5) is 6.35. The Balaban J connectivity index is 1.93. The van der Waals surface area contributed by atoms with E-state index in [0.29, 0.717) is 27.1 Å². The summed E-state index contributed by atoms with van der Waals surface area (Å²) in [6, 6.07) is 13.4. The molecule has 2 aromatic carbocycles. The minimum absolute atomic E-state index is 0.416. The van der Waals surface area contributed by atoms with Crippen LogP contribution < -0.4 is 4.74 Å². The summed E-state index contributed by atoms with van der Waals surface area (Å²) in [5.41, 5.74) is 4.64. The monoisotopic (exact) mass is 410 g/mol. The molecule has 0 unspecified atom stereocenters. The van der Waals surface area contributed by atoms with Crippen LogP contribution in [0.15, 0.2) is 41.4 Å². The van der Waals surface area contributed by atoms with E-state index in [1.807, 2.05) is 57.1 Å². The van der Waals surface area contributed by atoms with Crippen LogP contribution >= 0.6 is 23.1 Å². The van der Waals surface area contributed by atoms with Crippen LogP contribution in [0, 0.1) is 25.2 Å². The predicted molar refractivity (Wildman–Crippen MR) is 115 cm³/mol. The molecule has 1 aromatic heterocycles. The highest BCUT2D eigenvalue weighted by molar-refractivity contribution is 7.08. The van der Waals surface area contributed by atoms with Crippen molar-refractivity contribution in [1.82, 2.24) is 9.27 Å². The molecule has 7 heteroatoms. The first-order chi connectivity index (χ1) is 13.4. The molecule has 0 saturated heterocycles. The average molecular weight is 411 g/mol. The molecule has 3 rings (SSSR count). The van der Waals surface area contributed by atoms with Gasteiger partial charge in [-0.1, -0.05) is 23.7 Å². The van der Waals surface area contributed by atoms with E-state index in [1.165, 1.54) is 0 Å². The topological polar surface area (TPSA) is 61.5 Å². The predicted octanol–water partition coefficient (Wildman–Crippen LogP) is 5.97. The molecule has 5 nitrogen and oxygen atoms in total. The molecular formula is C21H19ClN4OS. The van der Waals surface area contributed by atoms with E-state index in [9.17, 15) is 5.26 Å². The number of ether oxygens (including phenoxy) is 1. The van der Waals surface area contributed by atoms with E-state index in [-0.39, 0.29) is 0 Å². The van der Waals surface area contributed by atoms with Gasteiger partial charge in [0.1, 0.15) is 23.1 Å². The fourth-order valence-electron chi connectivity index (χ4n) is 2.55. The Kier molecular flexibility index (Phi) is 5.98. The van der Waals surface area contributed by atoms with Crippen molar-refractivity contribution in [2.75, 3.05) is 14.1 Å². The first-order valence-electron chi connectivity index (χ1n) is 8.54. The number of hydrogen-bond donors (Lipinski definition) is 0. The van der Waals surface area contributed by atoms with Crippen LogP contribution in [0.25, 0.3) is 11.3 Å². The van der Waals surface area contributed by atoms with Gasteiger partial charge in [0.25, 0.3) is 0 Å². The lowest BCUT2D eigenvalue weighted by Gasteiger charge is -2.11. The molecule has 0 aliphatic heterocycles. The summed E-state index contributed by atoms with van der Waals surface area (Å²) in [6.45, 7) is 3.93. The lowest BCUT2D eigenvalue weighted by Crippen LogP contribution is -2.07. The Morgan fingerprint density at radius 1 is 1.18 bits per heavy atom. The molecule has 0 aliphatic carbocycles. The lowest BCUT2D eigenvalue weighted by molar-refractivity contribution is 0.491. The van der Waals surface area contributed by atoms with Crippen molar-refractivity contribution in [3.05, 3.63) is 58.1 Å². The number of nitriles is 1. The van der Waals surface area contributed by atoms with Crippen LogP contribution in [-0.4, -0.2) is 29.7 Å². The normalized spacial score (nSPS) is 10.9. The quantitative estimate of drug-likeness (QED) is 0.384. The Hall–Kier alpha value is -2.88. The molecule has 0 fully saturated rings. The standard InChI is InChI=1S/C21H19ClN4OS/c1-13-10-19(14(2)9-18(13)24-12-26(3)4)27-21-17(11-23)20(25-28-21)15-5-7-16(22)8-6-15/h5-10,12H,1-4H3. The van der Waals surface area contributed by atoms with E-state index in [2.05, 4.69) is 15.4 Å². The van der Waals surface area contributed by atoms with Gasteiger partial charge in [0.15, 0.2) is 0 Å². The fraction of sp³-hybridized carbons (Fsp3) is 0.190. The van der Waals surface area contributed by atoms with Crippen LogP contribution in [0.2, 0.25) is 5.02 Å². The second kappa shape index (κ2) is 8.42. The van der Waals surface area contributed by atoms with Crippen molar-refractivity contribution >= 4 is 35.2 Å². The van der Waals surface area contributed by atoms with Crippen molar-refractivity contribution in [2.24, 2.45) is 4.99 Å². The van der Waals surface area contributed by atoms with Crippen molar-refractivity contribution in [2.45, 2.75) is 13.8 Å². The van der Waals surface area contributed by atoms with Crippen molar-refractivity contribution in [3.63, 3.8) is 0 Å². The number of aryl methyl sites for hydroxylation is 2. The lowest BCUT2D eigenvalue weighted by atomic mass is 10.1. The van der Waals surface area contributed by atoms with Crippen molar-refractivity contribution in [3.8, 4) is 28.1 Å².